The topological polar surface area (TPSA) is 12.0 Å². The highest BCUT2D eigenvalue weighted by Crippen LogP contribution is 2.32. The zero-order valence-electron chi connectivity index (χ0n) is 11.9. The molecule has 0 aromatic heterocycles. The van der Waals surface area contributed by atoms with Crippen LogP contribution in [0, 0.1) is 6.92 Å². The zero-order chi connectivity index (χ0) is 14.4. The Labute approximate surface area is 130 Å². The summed E-state index contributed by atoms with van der Waals surface area (Å²) in [7, 11) is 0. The van der Waals surface area contributed by atoms with Gasteiger partial charge in [-0.25, -0.2) is 0 Å². The molecule has 2 aromatic carbocycles. The third kappa shape index (κ3) is 4.55. The Morgan fingerprint density at radius 1 is 1.15 bits per heavy atom. The number of nitrogens with one attached hydrogen (secondary N) is 1. The predicted molar refractivity (Wildman–Crippen MR) is 88.8 cm³/mol. The molecule has 0 spiro atoms. The molecule has 0 aliphatic rings. The van der Waals surface area contributed by atoms with Gasteiger partial charge in [-0.1, -0.05) is 48.0 Å². The Balaban J connectivity index is 2.17. The predicted octanol–water partition coefficient (Wildman–Crippen LogP) is 5.30. The minimum atomic E-state index is 0.798. The number of hydrogen-bond acceptors (Lipinski definition) is 2. The normalized spacial score (nSPS) is 10.8. The second-order valence-electron chi connectivity index (χ2n) is 4.85. The van der Waals surface area contributed by atoms with Crippen molar-refractivity contribution in [1.29, 1.82) is 0 Å². The first-order valence-corrected chi connectivity index (χ1v) is 8.12. The Kier molecular flexibility index (Phi) is 5.96. The highest BCUT2D eigenvalue weighted by Gasteiger charge is 2.05. The van der Waals surface area contributed by atoms with E-state index < -0.39 is 0 Å². The molecule has 1 N–H and O–H groups in total. The van der Waals surface area contributed by atoms with Gasteiger partial charge in [0.2, 0.25) is 0 Å². The van der Waals surface area contributed by atoms with Gasteiger partial charge in [-0.05, 0) is 55.8 Å². The zero-order valence-corrected chi connectivity index (χ0v) is 13.5. The molecule has 0 unspecified atom stereocenters. The maximum Gasteiger partial charge on any atom is 0.0410 e. The van der Waals surface area contributed by atoms with Gasteiger partial charge in [0.15, 0.2) is 0 Å². The lowest BCUT2D eigenvalue weighted by atomic mass is 10.2. The average molecular weight is 306 g/mol. The molecule has 0 fully saturated rings. The molecule has 0 saturated carbocycles. The molecule has 106 valence electrons. The maximum absolute atomic E-state index is 6.12. The lowest BCUT2D eigenvalue weighted by Crippen LogP contribution is -2.14. The molecule has 0 radical (unpaired) electrons. The van der Waals surface area contributed by atoms with Crippen molar-refractivity contribution in [1.82, 2.24) is 5.32 Å². The summed E-state index contributed by atoms with van der Waals surface area (Å²) in [4.78, 5) is 2.53. The first kappa shape index (κ1) is 15.4. The lowest BCUT2D eigenvalue weighted by Gasteiger charge is -2.11. The quantitative estimate of drug-likeness (QED) is 0.727. The molecule has 2 aromatic rings. The van der Waals surface area contributed by atoms with Crippen molar-refractivity contribution in [2.75, 3.05) is 6.54 Å². The third-order valence-electron chi connectivity index (χ3n) is 2.98. The second-order valence-corrected chi connectivity index (χ2v) is 6.40. The molecule has 0 aliphatic carbocycles. The summed E-state index contributed by atoms with van der Waals surface area (Å²) in [5, 5.41) is 4.24. The maximum atomic E-state index is 6.12. The monoisotopic (exact) mass is 305 g/mol. The molecule has 20 heavy (non-hydrogen) atoms. The van der Waals surface area contributed by atoms with E-state index >= 15 is 0 Å². The molecule has 0 heterocycles. The van der Waals surface area contributed by atoms with Gasteiger partial charge in [0.05, 0.1) is 0 Å². The average Bonchev–Trinajstić information content (AvgIpc) is 2.42. The summed E-state index contributed by atoms with van der Waals surface area (Å²) in [5.74, 6) is 0. The minimum absolute atomic E-state index is 0.798. The van der Waals surface area contributed by atoms with Gasteiger partial charge in [0.25, 0.3) is 0 Å². The highest BCUT2D eigenvalue weighted by molar-refractivity contribution is 7.99. The van der Waals surface area contributed by atoms with Crippen molar-refractivity contribution in [3.63, 3.8) is 0 Å². The minimum Gasteiger partial charge on any atom is -0.313 e. The molecule has 0 amide bonds. The smallest absolute Gasteiger partial charge is 0.0410 e. The van der Waals surface area contributed by atoms with E-state index in [9.17, 15) is 0 Å². The van der Waals surface area contributed by atoms with Crippen LogP contribution in [0.4, 0.5) is 0 Å². The molecule has 0 bridgehead atoms. The van der Waals surface area contributed by atoms with Gasteiger partial charge < -0.3 is 5.32 Å². The lowest BCUT2D eigenvalue weighted by molar-refractivity contribution is 0.669. The number of benzene rings is 2. The van der Waals surface area contributed by atoms with Gasteiger partial charge in [0, 0.05) is 21.4 Å². The molecule has 0 saturated heterocycles. The largest absolute Gasteiger partial charge is 0.313 e. The van der Waals surface area contributed by atoms with Crippen LogP contribution in [-0.4, -0.2) is 6.54 Å². The van der Waals surface area contributed by atoms with Gasteiger partial charge in [-0.15, -0.1) is 0 Å². The summed E-state index contributed by atoms with van der Waals surface area (Å²) in [6, 6.07) is 14.7. The first-order chi connectivity index (χ1) is 9.69. The second kappa shape index (κ2) is 7.72. The fraction of sp³-hybridized carbons (Fsp3) is 0.294. The van der Waals surface area contributed by atoms with E-state index in [2.05, 4.69) is 55.6 Å². The Morgan fingerprint density at radius 3 is 2.75 bits per heavy atom. The molecule has 0 atom stereocenters. The van der Waals surface area contributed by atoms with Gasteiger partial charge in [-0.3, -0.25) is 0 Å². The van der Waals surface area contributed by atoms with Crippen molar-refractivity contribution >= 4 is 23.4 Å². The van der Waals surface area contributed by atoms with Crippen LogP contribution in [-0.2, 0) is 6.54 Å². The Morgan fingerprint density at radius 2 is 2.00 bits per heavy atom. The van der Waals surface area contributed by atoms with Crippen LogP contribution in [0.25, 0.3) is 0 Å². The number of hydrogen-bond donors (Lipinski definition) is 1. The van der Waals surface area contributed by atoms with Crippen LogP contribution in [0.2, 0.25) is 5.02 Å². The van der Waals surface area contributed by atoms with Gasteiger partial charge >= 0.3 is 0 Å². The fourth-order valence-electron chi connectivity index (χ4n) is 1.99. The van der Waals surface area contributed by atoms with Crippen LogP contribution in [0.5, 0.6) is 0 Å². The number of aryl methyl sites for hydroxylation is 1. The molecule has 0 aliphatic heterocycles. The van der Waals surface area contributed by atoms with Crippen LogP contribution >= 0.6 is 23.4 Å². The molecule has 1 nitrogen and oxygen atoms in total. The van der Waals surface area contributed by atoms with Crippen molar-refractivity contribution in [3.05, 3.63) is 58.6 Å². The summed E-state index contributed by atoms with van der Waals surface area (Å²) in [6.07, 6.45) is 1.14. The first-order valence-electron chi connectivity index (χ1n) is 6.92. The Bertz CT molecular complexity index is 569. The van der Waals surface area contributed by atoms with E-state index in [0.29, 0.717) is 0 Å². The fourth-order valence-corrected chi connectivity index (χ4v) is 3.23. The van der Waals surface area contributed by atoms with E-state index in [-0.39, 0.29) is 0 Å². The van der Waals surface area contributed by atoms with Crippen molar-refractivity contribution in [3.8, 4) is 0 Å². The van der Waals surface area contributed by atoms with Crippen LogP contribution < -0.4 is 5.32 Å². The summed E-state index contributed by atoms with van der Waals surface area (Å²) < 4.78 is 0. The third-order valence-corrected chi connectivity index (χ3v) is 4.33. The van der Waals surface area contributed by atoms with Crippen molar-refractivity contribution < 1.29 is 0 Å². The number of halogens is 1. The molecule has 2 rings (SSSR count). The molecular formula is C17H20ClNS. The van der Waals surface area contributed by atoms with Gasteiger partial charge in [0.1, 0.15) is 0 Å². The summed E-state index contributed by atoms with van der Waals surface area (Å²) >= 11 is 7.92. The van der Waals surface area contributed by atoms with E-state index in [1.165, 1.54) is 20.9 Å². The van der Waals surface area contributed by atoms with E-state index in [1.807, 2.05) is 6.07 Å². The van der Waals surface area contributed by atoms with E-state index in [4.69, 9.17) is 11.6 Å². The van der Waals surface area contributed by atoms with Crippen molar-refractivity contribution in [2.45, 2.75) is 36.6 Å². The van der Waals surface area contributed by atoms with Crippen molar-refractivity contribution in [2.24, 2.45) is 0 Å². The molecule has 3 heteroatoms. The Hall–Kier alpha value is -0.960. The van der Waals surface area contributed by atoms with Gasteiger partial charge in [-0.2, -0.15) is 0 Å². The summed E-state index contributed by atoms with van der Waals surface area (Å²) in [6.45, 7) is 6.19. The summed E-state index contributed by atoms with van der Waals surface area (Å²) in [5.41, 5.74) is 2.55. The van der Waals surface area contributed by atoms with E-state index in [1.54, 1.807) is 11.8 Å². The van der Waals surface area contributed by atoms with Crippen LogP contribution in [0.1, 0.15) is 24.5 Å². The number of rotatable bonds is 6. The standard InChI is InChI=1S/C17H20ClNS/c1-3-9-19-12-14-11-15(18)7-8-17(14)20-16-6-4-5-13(2)10-16/h4-8,10-11,19H,3,9,12H2,1-2H3. The SMILES string of the molecule is CCCNCc1cc(Cl)ccc1Sc1cccc(C)c1. The van der Waals surface area contributed by atoms with Crippen LogP contribution in [0.3, 0.4) is 0 Å². The van der Waals surface area contributed by atoms with Crippen LogP contribution in [0.15, 0.2) is 52.3 Å². The highest BCUT2D eigenvalue weighted by atomic mass is 35.5. The van der Waals surface area contributed by atoms with E-state index in [0.717, 1.165) is 24.5 Å². The molecular weight excluding hydrogens is 286 g/mol.